The number of amides is 1. The van der Waals surface area contributed by atoms with Gasteiger partial charge in [0.25, 0.3) is 0 Å². The third-order valence-corrected chi connectivity index (χ3v) is 8.08. The predicted molar refractivity (Wildman–Crippen MR) is 122 cm³/mol. The van der Waals surface area contributed by atoms with E-state index in [-0.39, 0.29) is 5.41 Å². The summed E-state index contributed by atoms with van der Waals surface area (Å²) in [6.45, 7) is 6.98. The van der Waals surface area contributed by atoms with Crippen LogP contribution in [-0.2, 0) is 11.3 Å². The van der Waals surface area contributed by atoms with Crippen LogP contribution in [0.15, 0.2) is 18.2 Å². The van der Waals surface area contributed by atoms with Gasteiger partial charge in [-0.1, -0.05) is 43.0 Å². The number of carbonyl (C=O) groups excluding carboxylic acids is 1. The fraction of sp³-hybridized carbons (Fsp3) is 0.731. The number of carbonyl (C=O) groups is 1. The largest absolute Gasteiger partial charge is 0.437 e. The molecule has 1 unspecified atom stereocenters. The predicted octanol–water partition coefficient (Wildman–Crippen LogP) is 6.42. The van der Waals surface area contributed by atoms with Crippen LogP contribution in [0, 0.1) is 12.3 Å². The minimum absolute atomic E-state index is 0.155. The number of halogens is 3. The maximum atomic E-state index is 12.7. The van der Waals surface area contributed by atoms with E-state index in [9.17, 15) is 18.0 Å². The first kappa shape index (κ1) is 24.4. The Hall–Kier alpha value is -1.76. The zero-order chi connectivity index (χ0) is 23.6. The third kappa shape index (κ3) is 5.84. The van der Waals surface area contributed by atoms with Gasteiger partial charge < -0.3 is 9.64 Å². The first-order valence-corrected chi connectivity index (χ1v) is 12.5. The average molecular weight is 467 g/mol. The Labute approximate surface area is 195 Å². The summed E-state index contributed by atoms with van der Waals surface area (Å²) < 4.78 is 42.8. The molecule has 3 aliphatic rings. The molecule has 1 amide bonds. The van der Waals surface area contributed by atoms with Crippen molar-refractivity contribution in [3.05, 3.63) is 34.9 Å². The van der Waals surface area contributed by atoms with Crippen molar-refractivity contribution < 1.29 is 22.7 Å². The number of likely N-dealkylation sites (tertiary alicyclic amines) is 2. The lowest BCUT2D eigenvalue weighted by Crippen LogP contribution is -2.46. The van der Waals surface area contributed by atoms with Crippen molar-refractivity contribution in [3.63, 3.8) is 0 Å². The molecule has 4 rings (SSSR count). The zero-order valence-corrected chi connectivity index (χ0v) is 19.9. The molecule has 0 bridgehead atoms. The van der Waals surface area contributed by atoms with Crippen LogP contribution in [-0.4, -0.2) is 54.4 Å². The van der Waals surface area contributed by atoms with E-state index in [1.165, 1.54) is 53.7 Å². The molecule has 1 atom stereocenters. The van der Waals surface area contributed by atoms with Gasteiger partial charge in [0.2, 0.25) is 0 Å². The number of hydrogen-bond donors (Lipinski definition) is 0. The van der Waals surface area contributed by atoms with E-state index in [0.29, 0.717) is 19.0 Å². The Bertz CT molecular complexity index is 827. The molecule has 1 saturated carbocycles. The molecule has 33 heavy (non-hydrogen) atoms. The van der Waals surface area contributed by atoms with Crippen LogP contribution in [0.3, 0.4) is 0 Å². The van der Waals surface area contributed by atoms with Gasteiger partial charge in [0.1, 0.15) is 0 Å². The van der Waals surface area contributed by atoms with E-state index < -0.39 is 18.4 Å². The number of hydrogen-bond acceptors (Lipinski definition) is 3. The second kappa shape index (κ2) is 9.85. The average Bonchev–Trinajstić information content (AvgIpc) is 3.17. The Kier molecular flexibility index (Phi) is 7.27. The van der Waals surface area contributed by atoms with Gasteiger partial charge in [0.05, 0.1) is 0 Å². The molecular formula is C26H37F3N2O2. The molecule has 1 aromatic rings. The minimum atomic E-state index is -4.52. The van der Waals surface area contributed by atoms with Crippen LogP contribution < -0.4 is 0 Å². The van der Waals surface area contributed by atoms with Crippen LogP contribution in [0.2, 0.25) is 0 Å². The van der Waals surface area contributed by atoms with Gasteiger partial charge in [-0.2, -0.15) is 13.2 Å². The van der Waals surface area contributed by atoms with E-state index in [1.807, 2.05) is 0 Å². The molecule has 2 aliphatic heterocycles. The highest BCUT2D eigenvalue weighted by molar-refractivity contribution is 5.68. The molecule has 4 nitrogen and oxygen atoms in total. The Morgan fingerprint density at radius 3 is 2.45 bits per heavy atom. The lowest BCUT2D eigenvalue weighted by molar-refractivity contribution is -0.200. The van der Waals surface area contributed by atoms with Crippen molar-refractivity contribution in [2.75, 3.05) is 26.2 Å². The Balaban J connectivity index is 1.33. The smallest absolute Gasteiger partial charge is 0.425 e. The molecule has 0 radical (unpaired) electrons. The first-order valence-electron chi connectivity index (χ1n) is 12.5. The zero-order valence-electron chi connectivity index (χ0n) is 19.9. The third-order valence-electron chi connectivity index (χ3n) is 8.08. The number of nitrogens with zero attached hydrogens (tertiary/aromatic N) is 2. The van der Waals surface area contributed by atoms with Crippen molar-refractivity contribution in [1.29, 1.82) is 0 Å². The van der Waals surface area contributed by atoms with Gasteiger partial charge in [0.15, 0.2) is 6.10 Å². The maximum absolute atomic E-state index is 12.7. The van der Waals surface area contributed by atoms with Gasteiger partial charge in [-0.3, -0.25) is 4.90 Å². The Morgan fingerprint density at radius 2 is 1.79 bits per heavy atom. The highest BCUT2D eigenvalue weighted by atomic mass is 19.4. The van der Waals surface area contributed by atoms with Gasteiger partial charge in [-0.15, -0.1) is 0 Å². The van der Waals surface area contributed by atoms with Gasteiger partial charge in [0, 0.05) is 26.2 Å². The van der Waals surface area contributed by atoms with Crippen LogP contribution in [0.4, 0.5) is 18.0 Å². The van der Waals surface area contributed by atoms with Crippen LogP contribution >= 0.6 is 0 Å². The quantitative estimate of drug-likeness (QED) is 0.513. The first-order chi connectivity index (χ1) is 15.7. The molecular weight excluding hydrogens is 429 g/mol. The summed E-state index contributed by atoms with van der Waals surface area (Å²) in [5.41, 5.74) is 4.47. The molecule has 184 valence electrons. The lowest BCUT2D eigenvalue weighted by atomic mass is 9.78. The standard InChI is InChI=1S/C26H37F3N2O2/c1-19-8-9-22(23(16-19)21-6-4-3-5-7-21)17-30-13-10-25(18-30)11-14-31(15-12-25)24(32)33-20(2)26(27,28)29/h8-9,16,20-21H,3-7,10-15,17-18H2,1-2H3. The van der Waals surface area contributed by atoms with E-state index in [4.69, 9.17) is 0 Å². The summed E-state index contributed by atoms with van der Waals surface area (Å²) in [5, 5.41) is 0. The number of ether oxygens (including phenoxy) is 1. The van der Waals surface area contributed by atoms with Crippen molar-refractivity contribution in [3.8, 4) is 0 Å². The van der Waals surface area contributed by atoms with Gasteiger partial charge in [-0.25, -0.2) is 4.79 Å². The summed E-state index contributed by atoms with van der Waals surface area (Å²) in [6.07, 6.45) is 1.87. The highest BCUT2D eigenvalue weighted by Crippen LogP contribution is 2.42. The van der Waals surface area contributed by atoms with Crippen molar-refractivity contribution in [2.45, 2.75) is 90.0 Å². The topological polar surface area (TPSA) is 32.8 Å². The second-order valence-corrected chi connectivity index (χ2v) is 10.6. The Morgan fingerprint density at radius 1 is 1.12 bits per heavy atom. The van der Waals surface area contributed by atoms with Crippen LogP contribution in [0.25, 0.3) is 0 Å². The molecule has 0 N–H and O–H groups in total. The molecule has 1 aromatic carbocycles. The number of aryl methyl sites for hydroxylation is 1. The van der Waals surface area contributed by atoms with E-state index >= 15 is 0 Å². The summed E-state index contributed by atoms with van der Waals surface area (Å²) >= 11 is 0. The van der Waals surface area contributed by atoms with E-state index in [2.05, 4.69) is 34.8 Å². The molecule has 7 heteroatoms. The van der Waals surface area contributed by atoms with Crippen LogP contribution in [0.5, 0.6) is 0 Å². The summed E-state index contributed by atoms with van der Waals surface area (Å²) in [6, 6.07) is 6.92. The normalized spacial score (nSPS) is 23.1. The van der Waals surface area contributed by atoms with E-state index in [0.717, 1.165) is 45.8 Å². The molecule has 1 spiro atoms. The van der Waals surface area contributed by atoms with Crippen molar-refractivity contribution in [2.24, 2.45) is 5.41 Å². The van der Waals surface area contributed by atoms with Crippen molar-refractivity contribution in [1.82, 2.24) is 9.80 Å². The molecule has 3 fully saturated rings. The maximum Gasteiger partial charge on any atom is 0.425 e. The summed E-state index contributed by atoms with van der Waals surface area (Å²) in [7, 11) is 0. The summed E-state index contributed by atoms with van der Waals surface area (Å²) in [4.78, 5) is 16.2. The highest BCUT2D eigenvalue weighted by Gasteiger charge is 2.44. The summed E-state index contributed by atoms with van der Waals surface area (Å²) in [5.74, 6) is 0.679. The molecule has 1 aliphatic carbocycles. The fourth-order valence-corrected chi connectivity index (χ4v) is 5.92. The number of benzene rings is 1. The molecule has 0 aromatic heterocycles. The van der Waals surface area contributed by atoms with Crippen LogP contribution in [0.1, 0.15) is 80.9 Å². The van der Waals surface area contributed by atoms with Gasteiger partial charge in [-0.05, 0) is 75.0 Å². The second-order valence-electron chi connectivity index (χ2n) is 10.6. The molecule has 2 saturated heterocycles. The lowest BCUT2D eigenvalue weighted by Gasteiger charge is -2.39. The van der Waals surface area contributed by atoms with E-state index in [1.54, 1.807) is 0 Å². The fourth-order valence-electron chi connectivity index (χ4n) is 5.92. The number of alkyl halides is 3. The van der Waals surface area contributed by atoms with Gasteiger partial charge >= 0.3 is 12.3 Å². The monoisotopic (exact) mass is 466 g/mol. The SMILES string of the molecule is Cc1ccc(CN2CCC3(CCN(C(=O)OC(C)C(F)(F)F)CC3)C2)c(C2CCCCC2)c1. The number of rotatable bonds is 4. The minimum Gasteiger partial charge on any atom is -0.437 e. The number of piperidine rings is 1. The molecule has 2 heterocycles. The van der Waals surface area contributed by atoms with Crippen molar-refractivity contribution >= 4 is 6.09 Å².